The van der Waals surface area contributed by atoms with E-state index in [1.807, 2.05) is 18.2 Å². The highest BCUT2D eigenvalue weighted by Crippen LogP contribution is 2.45. The summed E-state index contributed by atoms with van der Waals surface area (Å²) in [4.78, 5) is 0. The molecule has 0 aliphatic heterocycles. The molecule has 32 heavy (non-hydrogen) atoms. The van der Waals surface area contributed by atoms with Crippen LogP contribution in [0.5, 0.6) is 0 Å². The Morgan fingerprint density at radius 1 is 0.906 bits per heavy atom. The zero-order valence-electron chi connectivity index (χ0n) is 20.3. The molecule has 2 aromatic rings. The Hall–Kier alpha value is -1.63. The minimum absolute atomic E-state index is 0.0371. The van der Waals surface area contributed by atoms with Gasteiger partial charge in [0.1, 0.15) is 5.82 Å². The summed E-state index contributed by atoms with van der Waals surface area (Å²) >= 11 is 0. The van der Waals surface area contributed by atoms with Crippen molar-refractivity contribution in [2.75, 3.05) is 0 Å². The predicted octanol–water partition coefficient (Wildman–Crippen LogP) is 9.76. The van der Waals surface area contributed by atoms with E-state index in [9.17, 15) is 4.39 Å². The van der Waals surface area contributed by atoms with Gasteiger partial charge in [0.25, 0.3) is 0 Å². The summed E-state index contributed by atoms with van der Waals surface area (Å²) in [7, 11) is 0. The van der Waals surface area contributed by atoms with Gasteiger partial charge in [-0.05, 0) is 91.6 Å². The number of aryl methyl sites for hydroxylation is 1. The van der Waals surface area contributed by atoms with Crippen molar-refractivity contribution in [3.8, 4) is 0 Å². The molecule has 0 atom stereocenters. The first-order valence-corrected chi connectivity index (χ1v) is 13.5. The van der Waals surface area contributed by atoms with Gasteiger partial charge in [-0.25, -0.2) is 4.39 Å². The van der Waals surface area contributed by atoms with Gasteiger partial charge in [0.2, 0.25) is 0 Å². The second-order valence-electron chi connectivity index (χ2n) is 10.7. The third-order valence-electron chi connectivity index (χ3n) is 8.69. The molecule has 0 radical (unpaired) electrons. The van der Waals surface area contributed by atoms with Crippen molar-refractivity contribution in [3.05, 3.63) is 59.9 Å². The first-order chi connectivity index (χ1) is 15.7. The molecule has 0 nitrogen and oxygen atoms in total. The van der Waals surface area contributed by atoms with Crippen molar-refractivity contribution < 1.29 is 4.39 Å². The van der Waals surface area contributed by atoms with Gasteiger partial charge in [0.05, 0.1) is 0 Å². The Bertz CT molecular complexity index is 865. The Morgan fingerprint density at radius 3 is 2.31 bits per heavy atom. The number of halogens is 1. The second kappa shape index (κ2) is 11.5. The molecule has 2 fully saturated rings. The first-order valence-electron chi connectivity index (χ1n) is 13.5. The summed E-state index contributed by atoms with van der Waals surface area (Å²) in [5.41, 5.74) is 2.24. The summed E-state index contributed by atoms with van der Waals surface area (Å²) < 4.78 is 14.9. The minimum Gasteiger partial charge on any atom is -0.206 e. The normalized spacial score (nSPS) is 26.3. The summed E-state index contributed by atoms with van der Waals surface area (Å²) in [6.45, 7) is 6.07. The van der Waals surface area contributed by atoms with Gasteiger partial charge in [0, 0.05) is 5.39 Å². The number of benzene rings is 2. The SMILES string of the molecule is C=CCCc1ccc2cc(C3CCC(C4CCC(CCCCC)CC4)CC3)ccc2c1F. The van der Waals surface area contributed by atoms with E-state index in [0.29, 0.717) is 5.92 Å². The quantitative estimate of drug-likeness (QED) is 0.272. The number of unbranched alkanes of at least 4 members (excludes halogenated alkanes) is 2. The fourth-order valence-electron chi connectivity index (χ4n) is 6.62. The molecule has 0 saturated heterocycles. The van der Waals surface area contributed by atoms with Gasteiger partial charge >= 0.3 is 0 Å². The molecule has 0 spiro atoms. The van der Waals surface area contributed by atoms with Crippen molar-refractivity contribution in [3.63, 3.8) is 0 Å². The van der Waals surface area contributed by atoms with Crippen molar-refractivity contribution in [1.29, 1.82) is 0 Å². The van der Waals surface area contributed by atoms with Crippen LogP contribution in [-0.4, -0.2) is 0 Å². The van der Waals surface area contributed by atoms with Crippen LogP contribution in [0.4, 0.5) is 4.39 Å². The Morgan fingerprint density at radius 2 is 1.62 bits per heavy atom. The van der Waals surface area contributed by atoms with Crippen LogP contribution in [0.25, 0.3) is 10.8 Å². The average molecular weight is 435 g/mol. The van der Waals surface area contributed by atoms with Crippen molar-refractivity contribution in [1.82, 2.24) is 0 Å². The van der Waals surface area contributed by atoms with E-state index >= 15 is 0 Å². The number of rotatable bonds is 9. The molecule has 2 aliphatic carbocycles. The molecule has 2 saturated carbocycles. The highest BCUT2D eigenvalue weighted by atomic mass is 19.1. The van der Waals surface area contributed by atoms with E-state index in [1.165, 1.54) is 82.6 Å². The number of hydrogen-bond acceptors (Lipinski definition) is 0. The number of allylic oxidation sites excluding steroid dienone is 1. The van der Waals surface area contributed by atoms with Crippen LogP contribution in [0.1, 0.15) is 107 Å². The molecule has 0 unspecified atom stereocenters. The smallest absolute Gasteiger partial charge is 0.134 e. The van der Waals surface area contributed by atoms with Crippen LogP contribution in [0.15, 0.2) is 43.0 Å². The molecular formula is C31H43F. The predicted molar refractivity (Wildman–Crippen MR) is 137 cm³/mol. The van der Waals surface area contributed by atoms with Crippen molar-refractivity contribution >= 4 is 10.8 Å². The van der Waals surface area contributed by atoms with E-state index in [4.69, 9.17) is 0 Å². The lowest BCUT2D eigenvalue weighted by Crippen LogP contribution is -2.25. The topological polar surface area (TPSA) is 0 Å². The third kappa shape index (κ3) is 5.64. The van der Waals surface area contributed by atoms with Crippen LogP contribution >= 0.6 is 0 Å². The fourth-order valence-corrected chi connectivity index (χ4v) is 6.62. The lowest BCUT2D eigenvalue weighted by Gasteiger charge is -2.38. The molecule has 0 aromatic heterocycles. The maximum atomic E-state index is 14.9. The van der Waals surface area contributed by atoms with Gasteiger partial charge in [-0.3, -0.25) is 0 Å². The van der Waals surface area contributed by atoms with Crippen LogP contribution in [0.2, 0.25) is 0 Å². The maximum absolute atomic E-state index is 14.9. The van der Waals surface area contributed by atoms with Gasteiger partial charge in [0.15, 0.2) is 0 Å². The van der Waals surface area contributed by atoms with E-state index < -0.39 is 0 Å². The van der Waals surface area contributed by atoms with E-state index in [1.54, 1.807) is 0 Å². The number of hydrogen-bond donors (Lipinski definition) is 0. The standard InChI is InChI=1S/C31H43F/c1-3-5-7-8-23-10-12-24(13-11-23)25-14-16-26(17-15-25)28-20-21-30-29(22-28)19-18-27(31(30)32)9-6-4-2/h4,18-26H,2-3,5-17H2,1H3. The minimum atomic E-state index is -0.0371. The fraction of sp³-hybridized carbons (Fsp3) is 0.613. The molecule has 0 amide bonds. The van der Waals surface area contributed by atoms with Gasteiger partial charge in [-0.1, -0.05) is 81.9 Å². The summed E-state index contributed by atoms with van der Waals surface area (Å²) in [5.74, 6) is 3.57. The highest BCUT2D eigenvalue weighted by Gasteiger charge is 2.31. The van der Waals surface area contributed by atoms with E-state index in [-0.39, 0.29) is 5.82 Å². The zero-order valence-corrected chi connectivity index (χ0v) is 20.3. The molecule has 2 aliphatic rings. The molecule has 0 heterocycles. The van der Waals surface area contributed by atoms with Crippen LogP contribution in [0.3, 0.4) is 0 Å². The molecule has 0 bridgehead atoms. The lowest BCUT2D eigenvalue weighted by molar-refractivity contribution is 0.155. The van der Waals surface area contributed by atoms with E-state index in [2.05, 4.69) is 31.7 Å². The van der Waals surface area contributed by atoms with Gasteiger partial charge < -0.3 is 0 Å². The largest absolute Gasteiger partial charge is 0.206 e. The molecule has 0 N–H and O–H groups in total. The lowest BCUT2D eigenvalue weighted by atomic mass is 9.68. The Kier molecular flexibility index (Phi) is 8.44. The summed E-state index contributed by atoms with van der Waals surface area (Å²) in [6, 6.07) is 10.6. The highest BCUT2D eigenvalue weighted by molar-refractivity contribution is 5.84. The maximum Gasteiger partial charge on any atom is 0.134 e. The summed E-state index contributed by atoms with van der Waals surface area (Å²) in [5, 5.41) is 1.84. The van der Waals surface area contributed by atoms with Crippen LogP contribution in [0, 0.1) is 23.6 Å². The van der Waals surface area contributed by atoms with Gasteiger partial charge in [-0.15, -0.1) is 6.58 Å². The molecule has 1 heteroatoms. The molecule has 4 rings (SSSR count). The molecule has 174 valence electrons. The molecular weight excluding hydrogens is 391 g/mol. The van der Waals surface area contributed by atoms with Gasteiger partial charge in [-0.2, -0.15) is 0 Å². The second-order valence-corrected chi connectivity index (χ2v) is 10.7. The summed E-state index contributed by atoms with van der Waals surface area (Å²) in [6.07, 6.45) is 20.5. The van der Waals surface area contributed by atoms with Crippen molar-refractivity contribution in [2.24, 2.45) is 17.8 Å². The first kappa shape index (κ1) is 23.5. The molecule has 2 aromatic carbocycles. The van der Waals surface area contributed by atoms with Crippen LogP contribution < -0.4 is 0 Å². The third-order valence-corrected chi connectivity index (χ3v) is 8.69. The zero-order chi connectivity index (χ0) is 22.3. The average Bonchev–Trinajstić information content (AvgIpc) is 2.84. The van der Waals surface area contributed by atoms with E-state index in [0.717, 1.165) is 46.9 Å². The monoisotopic (exact) mass is 434 g/mol. The Balaban J connectivity index is 1.31. The Labute approximate surface area is 195 Å². The number of fused-ring (bicyclic) bond motifs is 1. The van der Waals surface area contributed by atoms with Crippen molar-refractivity contribution in [2.45, 2.75) is 103 Å². The van der Waals surface area contributed by atoms with Crippen LogP contribution in [-0.2, 0) is 6.42 Å².